The summed E-state index contributed by atoms with van der Waals surface area (Å²) in [5.74, 6) is 0.385. The fourth-order valence-electron chi connectivity index (χ4n) is 2.48. The van der Waals surface area contributed by atoms with E-state index in [-0.39, 0.29) is 6.61 Å². The predicted molar refractivity (Wildman–Crippen MR) is 91.2 cm³/mol. The number of hydrogen-bond donors (Lipinski definition) is 0. The first-order chi connectivity index (χ1) is 11.6. The molecule has 0 N–H and O–H groups in total. The number of aromatic nitrogens is 2. The molecule has 0 saturated carbocycles. The number of carbonyl (C=O) groups is 1. The molecule has 0 aliphatic rings. The zero-order chi connectivity index (χ0) is 16.9. The lowest BCUT2D eigenvalue weighted by Gasteiger charge is -2.09. The number of esters is 1. The third kappa shape index (κ3) is 3.87. The molecule has 0 fully saturated rings. The molecule has 2 aromatic carbocycles. The number of aryl methyl sites for hydroxylation is 2. The second-order valence-electron chi connectivity index (χ2n) is 5.57. The van der Waals surface area contributed by atoms with Crippen LogP contribution in [0.15, 0.2) is 48.8 Å². The van der Waals surface area contributed by atoms with Gasteiger partial charge in [0.15, 0.2) is 0 Å². The summed E-state index contributed by atoms with van der Waals surface area (Å²) in [6, 6.07) is 11.1. The molecule has 0 bridgehead atoms. The normalized spacial score (nSPS) is 10.6. The zero-order valence-electron chi connectivity index (χ0n) is 13.7. The van der Waals surface area contributed by atoms with Gasteiger partial charge >= 0.3 is 5.97 Å². The van der Waals surface area contributed by atoms with Crippen LogP contribution in [-0.4, -0.2) is 29.2 Å². The van der Waals surface area contributed by atoms with Crippen LogP contribution < -0.4 is 4.74 Å². The van der Waals surface area contributed by atoms with Crippen molar-refractivity contribution < 1.29 is 14.3 Å². The van der Waals surface area contributed by atoms with E-state index < -0.39 is 5.97 Å². The number of rotatable bonds is 5. The Kier molecular flexibility index (Phi) is 4.70. The SMILES string of the molecule is Cc1cc(C)cc(OCCOC(=O)c2ccc3nccnc3c2)c1. The van der Waals surface area contributed by atoms with Crippen LogP contribution in [0.2, 0.25) is 0 Å². The summed E-state index contributed by atoms with van der Waals surface area (Å²) >= 11 is 0. The van der Waals surface area contributed by atoms with Gasteiger partial charge in [-0.15, -0.1) is 0 Å². The minimum absolute atomic E-state index is 0.185. The van der Waals surface area contributed by atoms with Crippen molar-refractivity contribution in [3.8, 4) is 5.75 Å². The van der Waals surface area contributed by atoms with Gasteiger partial charge in [-0.05, 0) is 55.3 Å². The summed E-state index contributed by atoms with van der Waals surface area (Å²) in [5.41, 5.74) is 4.14. The molecule has 1 heterocycles. The Morgan fingerprint density at radius 2 is 1.62 bits per heavy atom. The molecule has 0 aliphatic heterocycles. The van der Waals surface area contributed by atoms with Crippen LogP contribution in [0.25, 0.3) is 11.0 Å². The molecule has 5 nitrogen and oxygen atoms in total. The van der Waals surface area contributed by atoms with Gasteiger partial charge < -0.3 is 9.47 Å². The van der Waals surface area contributed by atoms with Crippen LogP contribution in [0, 0.1) is 13.8 Å². The van der Waals surface area contributed by atoms with Crippen LogP contribution in [0.4, 0.5) is 0 Å². The lowest BCUT2D eigenvalue weighted by Crippen LogP contribution is -2.12. The number of carbonyl (C=O) groups excluding carboxylic acids is 1. The molecule has 0 amide bonds. The van der Waals surface area contributed by atoms with Gasteiger partial charge in [0, 0.05) is 12.4 Å². The van der Waals surface area contributed by atoms with Crippen molar-refractivity contribution in [1.82, 2.24) is 9.97 Å². The molecule has 0 spiro atoms. The second kappa shape index (κ2) is 7.08. The minimum Gasteiger partial charge on any atom is -0.490 e. The summed E-state index contributed by atoms with van der Waals surface area (Å²) in [6.07, 6.45) is 3.21. The first-order valence-electron chi connectivity index (χ1n) is 7.71. The lowest BCUT2D eigenvalue weighted by atomic mass is 10.1. The fraction of sp³-hybridized carbons (Fsp3) is 0.211. The fourth-order valence-corrected chi connectivity index (χ4v) is 2.48. The molecular formula is C19H18N2O3. The van der Waals surface area contributed by atoms with E-state index in [4.69, 9.17) is 9.47 Å². The van der Waals surface area contributed by atoms with Gasteiger partial charge in [0.1, 0.15) is 19.0 Å². The molecule has 0 saturated heterocycles. The summed E-state index contributed by atoms with van der Waals surface area (Å²) in [6.45, 7) is 4.53. The van der Waals surface area contributed by atoms with Crippen LogP contribution in [0.1, 0.15) is 21.5 Å². The lowest BCUT2D eigenvalue weighted by molar-refractivity contribution is 0.0450. The second-order valence-corrected chi connectivity index (χ2v) is 5.57. The number of fused-ring (bicyclic) bond motifs is 1. The molecule has 24 heavy (non-hydrogen) atoms. The van der Waals surface area contributed by atoms with E-state index in [1.54, 1.807) is 30.6 Å². The first kappa shape index (κ1) is 15.9. The maximum absolute atomic E-state index is 12.1. The van der Waals surface area contributed by atoms with Crippen molar-refractivity contribution in [2.24, 2.45) is 0 Å². The number of hydrogen-bond acceptors (Lipinski definition) is 5. The van der Waals surface area contributed by atoms with E-state index >= 15 is 0 Å². The Balaban J connectivity index is 1.54. The Morgan fingerprint density at radius 3 is 2.38 bits per heavy atom. The van der Waals surface area contributed by atoms with Crippen molar-refractivity contribution in [1.29, 1.82) is 0 Å². The van der Waals surface area contributed by atoms with Crippen molar-refractivity contribution in [3.63, 3.8) is 0 Å². The molecule has 122 valence electrons. The van der Waals surface area contributed by atoms with Crippen molar-refractivity contribution in [2.45, 2.75) is 13.8 Å². The monoisotopic (exact) mass is 322 g/mol. The molecule has 0 aliphatic carbocycles. The molecule has 0 radical (unpaired) electrons. The van der Waals surface area contributed by atoms with Gasteiger partial charge in [0.25, 0.3) is 0 Å². The summed E-state index contributed by atoms with van der Waals surface area (Å²) in [7, 11) is 0. The zero-order valence-corrected chi connectivity index (χ0v) is 13.7. The largest absolute Gasteiger partial charge is 0.490 e. The topological polar surface area (TPSA) is 61.3 Å². The molecular weight excluding hydrogens is 304 g/mol. The molecule has 1 aromatic heterocycles. The highest BCUT2D eigenvalue weighted by molar-refractivity contribution is 5.93. The van der Waals surface area contributed by atoms with E-state index in [2.05, 4.69) is 16.0 Å². The third-order valence-electron chi connectivity index (χ3n) is 3.49. The molecule has 3 rings (SSSR count). The van der Waals surface area contributed by atoms with Gasteiger partial charge in [0.05, 0.1) is 16.6 Å². The number of nitrogens with zero attached hydrogens (tertiary/aromatic N) is 2. The van der Waals surface area contributed by atoms with Crippen LogP contribution >= 0.6 is 0 Å². The van der Waals surface area contributed by atoms with Gasteiger partial charge in [-0.25, -0.2) is 4.79 Å². The highest BCUT2D eigenvalue weighted by Gasteiger charge is 2.09. The van der Waals surface area contributed by atoms with Crippen LogP contribution in [0.3, 0.4) is 0 Å². The molecule has 0 unspecified atom stereocenters. The molecule has 5 heteroatoms. The minimum atomic E-state index is -0.397. The van der Waals surface area contributed by atoms with Crippen molar-refractivity contribution >= 4 is 17.0 Å². The molecule has 0 atom stereocenters. The van der Waals surface area contributed by atoms with E-state index in [0.29, 0.717) is 17.7 Å². The Labute approximate surface area is 140 Å². The quantitative estimate of drug-likeness (QED) is 0.531. The molecule has 3 aromatic rings. The summed E-state index contributed by atoms with van der Waals surface area (Å²) in [5, 5.41) is 0. The maximum Gasteiger partial charge on any atom is 0.338 e. The van der Waals surface area contributed by atoms with Crippen LogP contribution in [-0.2, 0) is 4.74 Å². The van der Waals surface area contributed by atoms with Gasteiger partial charge in [0.2, 0.25) is 0 Å². The van der Waals surface area contributed by atoms with E-state index in [9.17, 15) is 4.79 Å². The Hall–Kier alpha value is -2.95. The van der Waals surface area contributed by atoms with E-state index in [1.807, 2.05) is 26.0 Å². The average molecular weight is 322 g/mol. The van der Waals surface area contributed by atoms with E-state index in [1.165, 1.54) is 0 Å². The number of ether oxygens (including phenoxy) is 2. The van der Waals surface area contributed by atoms with Gasteiger partial charge in [-0.1, -0.05) is 6.07 Å². The van der Waals surface area contributed by atoms with Crippen LogP contribution in [0.5, 0.6) is 5.75 Å². The van der Waals surface area contributed by atoms with Crippen molar-refractivity contribution in [3.05, 3.63) is 65.5 Å². The third-order valence-corrected chi connectivity index (χ3v) is 3.49. The standard InChI is InChI=1S/C19H18N2O3/c1-13-9-14(2)11-16(10-13)23-7-8-24-19(22)15-3-4-17-18(12-15)21-6-5-20-17/h3-6,9-12H,7-8H2,1-2H3. The number of benzene rings is 2. The van der Waals surface area contributed by atoms with E-state index in [0.717, 1.165) is 22.4 Å². The maximum atomic E-state index is 12.1. The average Bonchev–Trinajstić information content (AvgIpc) is 2.57. The van der Waals surface area contributed by atoms with Gasteiger partial charge in [-0.3, -0.25) is 9.97 Å². The Bertz CT molecular complexity index is 857. The summed E-state index contributed by atoms with van der Waals surface area (Å²) < 4.78 is 10.9. The van der Waals surface area contributed by atoms with Gasteiger partial charge in [-0.2, -0.15) is 0 Å². The Morgan fingerprint density at radius 1 is 0.917 bits per heavy atom. The highest BCUT2D eigenvalue weighted by Crippen LogP contribution is 2.16. The van der Waals surface area contributed by atoms with Crippen molar-refractivity contribution in [2.75, 3.05) is 13.2 Å². The smallest absolute Gasteiger partial charge is 0.338 e. The predicted octanol–water partition coefficient (Wildman–Crippen LogP) is 3.48. The highest BCUT2D eigenvalue weighted by atomic mass is 16.6. The summed E-state index contributed by atoms with van der Waals surface area (Å²) in [4.78, 5) is 20.4. The first-order valence-corrected chi connectivity index (χ1v) is 7.71.